The SMILES string of the molecule is O=C(C1=CSC=CN1C(=O)C1CCc2ccccc2C1)N1CCSC1. The molecule has 6 heteroatoms. The van der Waals surface area contributed by atoms with E-state index in [4.69, 9.17) is 0 Å². The van der Waals surface area contributed by atoms with Gasteiger partial charge in [-0.15, -0.1) is 23.5 Å². The third-order valence-electron chi connectivity index (χ3n) is 4.92. The number of thioether (sulfide) groups is 2. The van der Waals surface area contributed by atoms with E-state index in [0.29, 0.717) is 11.6 Å². The van der Waals surface area contributed by atoms with Gasteiger partial charge in [0.1, 0.15) is 5.70 Å². The Labute approximate surface area is 156 Å². The summed E-state index contributed by atoms with van der Waals surface area (Å²) in [5, 5.41) is 3.67. The van der Waals surface area contributed by atoms with E-state index in [1.807, 2.05) is 16.4 Å². The summed E-state index contributed by atoms with van der Waals surface area (Å²) in [6.07, 6.45) is 4.28. The average Bonchev–Trinajstić information content (AvgIpc) is 3.21. The van der Waals surface area contributed by atoms with Crippen molar-refractivity contribution in [2.24, 2.45) is 5.92 Å². The highest BCUT2D eigenvalue weighted by Crippen LogP contribution is 2.31. The van der Waals surface area contributed by atoms with Crippen molar-refractivity contribution in [3.8, 4) is 0 Å². The topological polar surface area (TPSA) is 40.6 Å². The van der Waals surface area contributed by atoms with E-state index in [1.165, 1.54) is 22.9 Å². The molecule has 0 spiro atoms. The van der Waals surface area contributed by atoms with Gasteiger partial charge in [0, 0.05) is 29.8 Å². The first-order valence-corrected chi connectivity index (χ1v) is 10.6. The number of aryl methyl sites for hydroxylation is 1. The summed E-state index contributed by atoms with van der Waals surface area (Å²) < 4.78 is 0. The number of hydrogen-bond donors (Lipinski definition) is 0. The van der Waals surface area contributed by atoms with E-state index >= 15 is 0 Å². The van der Waals surface area contributed by atoms with Gasteiger partial charge < -0.3 is 4.90 Å². The van der Waals surface area contributed by atoms with Crippen molar-refractivity contribution in [3.63, 3.8) is 0 Å². The second-order valence-corrected chi connectivity index (χ2v) is 8.30. The molecule has 0 bridgehead atoms. The minimum atomic E-state index is -0.0631. The van der Waals surface area contributed by atoms with Crippen LogP contribution in [0, 0.1) is 5.92 Å². The number of benzene rings is 1. The van der Waals surface area contributed by atoms with Crippen LogP contribution in [0.15, 0.2) is 47.0 Å². The summed E-state index contributed by atoms with van der Waals surface area (Å²) in [5.41, 5.74) is 3.10. The lowest BCUT2D eigenvalue weighted by Gasteiger charge is -2.31. The molecule has 2 amide bonds. The average molecular weight is 373 g/mol. The Morgan fingerprint density at radius 3 is 2.80 bits per heavy atom. The first kappa shape index (κ1) is 16.8. The lowest BCUT2D eigenvalue weighted by atomic mass is 9.83. The van der Waals surface area contributed by atoms with E-state index in [0.717, 1.165) is 31.6 Å². The zero-order chi connectivity index (χ0) is 17.2. The summed E-state index contributed by atoms with van der Waals surface area (Å²) in [4.78, 5) is 29.4. The maximum Gasteiger partial charge on any atom is 0.272 e. The number of carbonyl (C=O) groups excluding carboxylic acids is 2. The molecule has 0 radical (unpaired) electrons. The molecule has 1 unspecified atom stereocenters. The number of nitrogens with zero attached hydrogens (tertiary/aromatic N) is 2. The Balaban J connectivity index is 1.52. The Morgan fingerprint density at radius 2 is 2.00 bits per heavy atom. The Hall–Kier alpha value is -1.66. The fraction of sp³-hybridized carbons (Fsp3) is 0.368. The molecule has 4 nitrogen and oxygen atoms in total. The molecule has 1 fully saturated rings. The van der Waals surface area contributed by atoms with Crippen LogP contribution in [0.2, 0.25) is 0 Å². The maximum absolute atomic E-state index is 13.1. The summed E-state index contributed by atoms with van der Waals surface area (Å²) in [5.74, 6) is 1.62. The van der Waals surface area contributed by atoms with Crippen LogP contribution in [-0.4, -0.2) is 39.8 Å². The maximum atomic E-state index is 13.1. The minimum Gasteiger partial charge on any atom is -0.327 e. The van der Waals surface area contributed by atoms with Crippen molar-refractivity contribution >= 4 is 35.3 Å². The van der Waals surface area contributed by atoms with E-state index in [9.17, 15) is 9.59 Å². The predicted octanol–water partition coefficient (Wildman–Crippen LogP) is 3.21. The van der Waals surface area contributed by atoms with Gasteiger partial charge in [0.05, 0.1) is 5.88 Å². The first-order chi connectivity index (χ1) is 12.2. The van der Waals surface area contributed by atoms with Gasteiger partial charge in [-0.2, -0.15) is 0 Å². The van der Waals surface area contributed by atoms with Crippen LogP contribution in [0.25, 0.3) is 0 Å². The normalized spacial score (nSPS) is 22.6. The molecule has 4 rings (SSSR count). The van der Waals surface area contributed by atoms with Crippen LogP contribution >= 0.6 is 23.5 Å². The van der Waals surface area contributed by atoms with Gasteiger partial charge >= 0.3 is 0 Å². The van der Waals surface area contributed by atoms with Crippen LogP contribution in [0.3, 0.4) is 0 Å². The van der Waals surface area contributed by atoms with Crippen LogP contribution in [0.1, 0.15) is 17.5 Å². The van der Waals surface area contributed by atoms with Crippen molar-refractivity contribution in [2.45, 2.75) is 19.3 Å². The number of rotatable bonds is 2. The summed E-state index contributed by atoms with van der Waals surface area (Å²) in [7, 11) is 0. The third kappa shape index (κ3) is 3.37. The molecule has 0 N–H and O–H groups in total. The zero-order valence-corrected chi connectivity index (χ0v) is 15.5. The van der Waals surface area contributed by atoms with E-state index in [2.05, 4.69) is 18.2 Å². The van der Waals surface area contributed by atoms with Crippen molar-refractivity contribution in [1.82, 2.24) is 9.80 Å². The quantitative estimate of drug-likeness (QED) is 0.799. The van der Waals surface area contributed by atoms with Crippen molar-refractivity contribution < 1.29 is 9.59 Å². The highest BCUT2D eigenvalue weighted by atomic mass is 32.2. The molecule has 1 saturated heterocycles. The molecule has 1 aliphatic carbocycles. The van der Waals surface area contributed by atoms with Gasteiger partial charge in [0.25, 0.3) is 5.91 Å². The van der Waals surface area contributed by atoms with Gasteiger partial charge in [-0.1, -0.05) is 24.3 Å². The molecular formula is C19H20N2O2S2. The van der Waals surface area contributed by atoms with E-state index in [1.54, 1.807) is 28.3 Å². The Bertz CT molecular complexity index is 754. The van der Waals surface area contributed by atoms with Crippen molar-refractivity contribution in [1.29, 1.82) is 0 Å². The smallest absolute Gasteiger partial charge is 0.272 e. The number of fused-ring (bicyclic) bond motifs is 1. The van der Waals surface area contributed by atoms with Gasteiger partial charge in [0.2, 0.25) is 5.91 Å². The molecule has 1 aromatic carbocycles. The van der Waals surface area contributed by atoms with Crippen molar-refractivity contribution in [2.75, 3.05) is 18.2 Å². The van der Waals surface area contributed by atoms with Crippen LogP contribution in [0.4, 0.5) is 0 Å². The fourth-order valence-electron chi connectivity index (χ4n) is 3.52. The molecule has 0 aromatic heterocycles. The van der Waals surface area contributed by atoms with Gasteiger partial charge in [-0.05, 0) is 35.8 Å². The fourth-order valence-corrected chi connectivity index (χ4v) is 5.08. The van der Waals surface area contributed by atoms with E-state index in [-0.39, 0.29) is 17.7 Å². The summed E-state index contributed by atoms with van der Waals surface area (Å²) in [6, 6.07) is 8.34. The number of hydrogen-bond acceptors (Lipinski definition) is 4. The molecule has 3 aliphatic rings. The highest BCUT2D eigenvalue weighted by Gasteiger charge is 2.34. The lowest BCUT2D eigenvalue weighted by molar-refractivity contribution is -0.136. The standard InChI is InChI=1S/C19H20N2O2S2/c22-18(16-6-5-14-3-1-2-4-15(14)11-16)21-8-10-24-12-17(21)19(23)20-7-9-25-13-20/h1-4,8,10,12,16H,5-7,9,11,13H2. The first-order valence-electron chi connectivity index (χ1n) is 8.53. The van der Waals surface area contributed by atoms with Gasteiger partial charge in [0.15, 0.2) is 0 Å². The van der Waals surface area contributed by atoms with Crippen LogP contribution in [0.5, 0.6) is 0 Å². The molecule has 1 aromatic rings. The second-order valence-electron chi connectivity index (χ2n) is 6.45. The van der Waals surface area contributed by atoms with Crippen molar-refractivity contribution in [3.05, 3.63) is 58.1 Å². The molecular weight excluding hydrogens is 352 g/mol. The van der Waals surface area contributed by atoms with Crippen LogP contribution < -0.4 is 0 Å². The molecule has 1 atom stereocenters. The second kappa shape index (κ2) is 7.30. The number of carbonyl (C=O) groups is 2. The molecule has 25 heavy (non-hydrogen) atoms. The third-order valence-corrected chi connectivity index (χ3v) is 6.52. The monoisotopic (exact) mass is 372 g/mol. The molecule has 2 heterocycles. The Morgan fingerprint density at radius 1 is 1.16 bits per heavy atom. The highest BCUT2D eigenvalue weighted by molar-refractivity contribution is 8.05. The summed E-state index contributed by atoms with van der Waals surface area (Å²) in [6.45, 7) is 0.758. The minimum absolute atomic E-state index is 0.0357. The summed E-state index contributed by atoms with van der Waals surface area (Å²) >= 11 is 3.21. The molecule has 130 valence electrons. The Kier molecular flexibility index (Phi) is 4.90. The largest absolute Gasteiger partial charge is 0.327 e. The van der Waals surface area contributed by atoms with Crippen LogP contribution in [-0.2, 0) is 22.4 Å². The van der Waals surface area contributed by atoms with Gasteiger partial charge in [-0.3, -0.25) is 14.5 Å². The lowest BCUT2D eigenvalue weighted by Crippen LogP contribution is -2.41. The molecule has 0 saturated carbocycles. The molecule has 2 aliphatic heterocycles. The zero-order valence-electron chi connectivity index (χ0n) is 13.9. The van der Waals surface area contributed by atoms with Gasteiger partial charge in [-0.25, -0.2) is 0 Å². The predicted molar refractivity (Wildman–Crippen MR) is 103 cm³/mol. The number of amides is 2. The van der Waals surface area contributed by atoms with E-state index < -0.39 is 0 Å².